The molecule has 3 rings (SSSR count). The third-order valence-electron chi connectivity index (χ3n) is 3.65. The molecule has 3 aromatic rings. The number of thiocarbonyl (C=S) groups is 1. The molecule has 0 aliphatic rings. The van der Waals surface area contributed by atoms with Gasteiger partial charge in [0.1, 0.15) is 4.88 Å². The van der Waals surface area contributed by atoms with Crippen LogP contribution in [0.5, 0.6) is 0 Å². The number of methoxy groups -OCH3 is 1. The quantitative estimate of drug-likeness (QED) is 0.459. The summed E-state index contributed by atoms with van der Waals surface area (Å²) in [5, 5.41) is 8.04. The zero-order valence-electron chi connectivity index (χ0n) is 13.6. The Morgan fingerprint density at radius 2 is 1.96 bits per heavy atom. The Morgan fingerprint density at radius 3 is 2.68 bits per heavy atom. The lowest BCUT2D eigenvalue weighted by molar-refractivity contribution is 0.0606. The largest absolute Gasteiger partial charge is 0.465 e. The van der Waals surface area contributed by atoms with E-state index in [2.05, 4.69) is 10.6 Å². The number of anilines is 2. The Morgan fingerprint density at radius 1 is 1.20 bits per heavy atom. The van der Waals surface area contributed by atoms with Gasteiger partial charge in [-0.2, -0.15) is 0 Å². The van der Waals surface area contributed by atoms with E-state index < -0.39 is 5.97 Å². The van der Waals surface area contributed by atoms with Crippen LogP contribution in [0.1, 0.15) is 15.2 Å². The van der Waals surface area contributed by atoms with Crippen LogP contribution in [0.15, 0.2) is 42.5 Å². The molecule has 2 N–H and O–H groups in total. The van der Waals surface area contributed by atoms with Crippen LogP contribution in [0.4, 0.5) is 11.4 Å². The number of esters is 1. The predicted molar refractivity (Wildman–Crippen MR) is 109 cm³/mol. The van der Waals surface area contributed by atoms with Crippen molar-refractivity contribution < 1.29 is 9.53 Å². The highest BCUT2D eigenvalue weighted by atomic mass is 35.5. The standard InChI is InChI=1S/C18H15ClN2O2S2/c1-10-5-3-4-6-13(10)21-18(24)20-11-7-8-12-14(9-11)25-16(15(12)19)17(22)23-2/h3-9H,1-2H3,(H2,20,21,24). The summed E-state index contributed by atoms with van der Waals surface area (Å²) in [5.41, 5.74) is 2.87. The van der Waals surface area contributed by atoms with Gasteiger partial charge in [0.2, 0.25) is 0 Å². The number of rotatable bonds is 3. The van der Waals surface area contributed by atoms with Gasteiger partial charge in [0, 0.05) is 21.5 Å². The van der Waals surface area contributed by atoms with Crippen LogP contribution in [0.3, 0.4) is 0 Å². The van der Waals surface area contributed by atoms with E-state index in [-0.39, 0.29) is 0 Å². The zero-order valence-corrected chi connectivity index (χ0v) is 15.9. The van der Waals surface area contributed by atoms with Crippen LogP contribution in [0.2, 0.25) is 5.02 Å². The molecule has 0 fully saturated rings. The number of carbonyl (C=O) groups excluding carboxylic acids is 1. The number of thiophene rings is 1. The minimum atomic E-state index is -0.433. The molecular formula is C18H15ClN2O2S2. The Kier molecular flexibility index (Phi) is 5.22. The topological polar surface area (TPSA) is 50.4 Å². The maximum Gasteiger partial charge on any atom is 0.349 e. The number of ether oxygens (including phenoxy) is 1. The maximum atomic E-state index is 11.8. The van der Waals surface area contributed by atoms with Crippen molar-refractivity contribution in [2.45, 2.75) is 6.92 Å². The average Bonchev–Trinajstić information content (AvgIpc) is 2.92. The van der Waals surface area contributed by atoms with Gasteiger partial charge >= 0.3 is 5.97 Å². The Bertz CT molecular complexity index is 969. The molecule has 1 heterocycles. The molecule has 0 aliphatic heterocycles. The van der Waals surface area contributed by atoms with Crippen LogP contribution >= 0.6 is 35.2 Å². The van der Waals surface area contributed by atoms with E-state index in [4.69, 9.17) is 28.6 Å². The zero-order chi connectivity index (χ0) is 18.0. The van der Waals surface area contributed by atoms with Crippen LogP contribution in [0.25, 0.3) is 10.1 Å². The Hall–Kier alpha value is -2.15. The Labute approximate surface area is 159 Å². The van der Waals surface area contributed by atoms with Gasteiger partial charge in [-0.3, -0.25) is 0 Å². The number of carbonyl (C=O) groups is 1. The van der Waals surface area contributed by atoms with E-state index in [1.807, 2.05) is 49.4 Å². The fourth-order valence-corrected chi connectivity index (χ4v) is 4.06. The molecule has 128 valence electrons. The van der Waals surface area contributed by atoms with Gasteiger partial charge < -0.3 is 15.4 Å². The summed E-state index contributed by atoms with van der Waals surface area (Å²) in [6.45, 7) is 2.01. The molecule has 0 saturated heterocycles. The van der Waals surface area contributed by atoms with Crippen molar-refractivity contribution in [2.24, 2.45) is 0 Å². The molecule has 0 unspecified atom stereocenters. The number of hydrogen-bond donors (Lipinski definition) is 2. The molecule has 1 aromatic heterocycles. The van der Waals surface area contributed by atoms with E-state index in [9.17, 15) is 4.79 Å². The first-order valence-electron chi connectivity index (χ1n) is 7.43. The number of halogens is 1. The van der Waals surface area contributed by atoms with Gasteiger partial charge in [-0.05, 0) is 49.0 Å². The van der Waals surface area contributed by atoms with Gasteiger partial charge in [-0.15, -0.1) is 11.3 Å². The third-order valence-corrected chi connectivity index (χ3v) is 5.49. The lowest BCUT2D eigenvalue weighted by Gasteiger charge is -2.12. The van der Waals surface area contributed by atoms with E-state index in [1.54, 1.807) is 0 Å². The molecule has 25 heavy (non-hydrogen) atoms. The lowest BCUT2D eigenvalue weighted by Crippen LogP contribution is -2.19. The summed E-state index contributed by atoms with van der Waals surface area (Å²) in [5.74, 6) is -0.433. The first-order chi connectivity index (χ1) is 12.0. The van der Waals surface area contributed by atoms with Gasteiger partial charge in [0.05, 0.1) is 12.1 Å². The first kappa shape index (κ1) is 17.7. The summed E-state index contributed by atoms with van der Waals surface area (Å²) in [6, 6.07) is 13.5. The molecule has 0 radical (unpaired) electrons. The molecule has 0 atom stereocenters. The van der Waals surface area contributed by atoms with Crippen molar-refractivity contribution in [2.75, 3.05) is 17.7 Å². The second-order valence-corrected chi connectivity index (χ2v) is 7.18. The van der Waals surface area contributed by atoms with E-state index >= 15 is 0 Å². The van der Waals surface area contributed by atoms with E-state index in [0.717, 1.165) is 27.0 Å². The van der Waals surface area contributed by atoms with Crippen molar-refractivity contribution in [3.05, 3.63) is 57.9 Å². The van der Waals surface area contributed by atoms with E-state index in [1.165, 1.54) is 18.4 Å². The van der Waals surface area contributed by atoms with Crippen molar-refractivity contribution in [3.8, 4) is 0 Å². The number of benzene rings is 2. The maximum absolute atomic E-state index is 11.8. The molecule has 7 heteroatoms. The van der Waals surface area contributed by atoms with E-state index in [0.29, 0.717) is 15.0 Å². The second-order valence-electron chi connectivity index (χ2n) is 5.34. The molecule has 0 saturated carbocycles. The van der Waals surface area contributed by atoms with Crippen LogP contribution in [-0.2, 0) is 4.74 Å². The van der Waals surface area contributed by atoms with Gasteiger partial charge in [0.15, 0.2) is 5.11 Å². The summed E-state index contributed by atoms with van der Waals surface area (Å²) in [7, 11) is 1.34. The first-order valence-corrected chi connectivity index (χ1v) is 9.04. The molecular weight excluding hydrogens is 376 g/mol. The average molecular weight is 391 g/mol. The molecule has 0 aliphatic carbocycles. The number of hydrogen-bond acceptors (Lipinski definition) is 4. The monoisotopic (exact) mass is 390 g/mol. The van der Waals surface area contributed by atoms with Gasteiger partial charge in [-0.25, -0.2) is 4.79 Å². The highest BCUT2D eigenvalue weighted by Crippen LogP contribution is 2.37. The molecule has 2 aromatic carbocycles. The molecule has 4 nitrogen and oxygen atoms in total. The van der Waals surface area contributed by atoms with Crippen LogP contribution in [-0.4, -0.2) is 18.2 Å². The molecule has 0 amide bonds. The fourth-order valence-electron chi connectivity index (χ4n) is 2.36. The minimum Gasteiger partial charge on any atom is -0.465 e. The predicted octanol–water partition coefficient (Wildman–Crippen LogP) is 5.46. The highest BCUT2D eigenvalue weighted by molar-refractivity contribution is 7.80. The van der Waals surface area contributed by atoms with Gasteiger partial charge in [0.25, 0.3) is 0 Å². The van der Waals surface area contributed by atoms with Crippen molar-refractivity contribution in [1.29, 1.82) is 0 Å². The van der Waals surface area contributed by atoms with Crippen molar-refractivity contribution in [1.82, 2.24) is 0 Å². The molecule has 0 bridgehead atoms. The third kappa shape index (κ3) is 3.76. The van der Waals surface area contributed by atoms with Crippen molar-refractivity contribution in [3.63, 3.8) is 0 Å². The number of aryl methyl sites for hydroxylation is 1. The SMILES string of the molecule is COC(=O)c1sc2cc(NC(=S)Nc3ccccc3C)ccc2c1Cl. The molecule has 0 spiro atoms. The van der Waals surface area contributed by atoms with Crippen LogP contribution < -0.4 is 10.6 Å². The summed E-state index contributed by atoms with van der Waals surface area (Å²) >= 11 is 12.9. The number of fused-ring (bicyclic) bond motifs is 1. The summed E-state index contributed by atoms with van der Waals surface area (Å²) < 4.78 is 5.64. The van der Waals surface area contributed by atoms with Gasteiger partial charge in [-0.1, -0.05) is 29.8 Å². The number of para-hydroxylation sites is 1. The summed E-state index contributed by atoms with van der Waals surface area (Å²) in [6.07, 6.45) is 0. The fraction of sp³-hybridized carbons (Fsp3) is 0.111. The number of nitrogens with one attached hydrogen (secondary N) is 2. The highest BCUT2D eigenvalue weighted by Gasteiger charge is 2.17. The second kappa shape index (κ2) is 7.39. The van der Waals surface area contributed by atoms with Crippen LogP contribution in [0, 0.1) is 6.92 Å². The smallest absolute Gasteiger partial charge is 0.349 e. The Balaban J connectivity index is 1.81. The minimum absolute atomic E-state index is 0.400. The lowest BCUT2D eigenvalue weighted by atomic mass is 10.2. The van der Waals surface area contributed by atoms with Crippen molar-refractivity contribution >= 4 is 67.7 Å². The summed E-state index contributed by atoms with van der Waals surface area (Å²) in [4.78, 5) is 12.2. The normalized spacial score (nSPS) is 10.5.